The Morgan fingerprint density at radius 3 is 2.31 bits per heavy atom. The third-order valence-corrected chi connectivity index (χ3v) is 1.97. The van der Waals surface area contributed by atoms with E-state index in [2.05, 4.69) is 0 Å². The minimum atomic E-state index is -3.16. The van der Waals surface area contributed by atoms with Crippen LogP contribution in [-0.2, 0) is 4.79 Å². The van der Waals surface area contributed by atoms with Gasteiger partial charge in [-0.2, -0.15) is 0 Å². The highest BCUT2D eigenvalue weighted by atomic mass is 16.3. The highest BCUT2D eigenvalue weighted by Gasteiger charge is 2.18. The molecule has 1 fully saturated rings. The number of phenolic OH excluding ortho intramolecular Hbond substituents is 1. The van der Waals surface area contributed by atoms with Crippen LogP contribution in [0.4, 0.5) is 5.69 Å². The van der Waals surface area contributed by atoms with Gasteiger partial charge in [0.2, 0.25) is 5.91 Å². The van der Waals surface area contributed by atoms with Gasteiger partial charge < -0.3 is 14.9 Å². The van der Waals surface area contributed by atoms with Gasteiger partial charge >= 0.3 is 0 Å². The summed E-state index contributed by atoms with van der Waals surface area (Å²) < 4.78 is 64.2. The number of nitrogens with zero attached hydrogens (tertiary/aromatic N) is 2. The molecule has 0 spiro atoms. The Morgan fingerprint density at radius 1 is 1.25 bits per heavy atom. The Bertz CT molecular complexity index is 634. The molecule has 4 heteroatoms. The molecule has 1 aromatic carbocycles. The Balaban J connectivity index is 2.76. The summed E-state index contributed by atoms with van der Waals surface area (Å²) in [7, 11) is 0. The van der Waals surface area contributed by atoms with Crippen LogP contribution in [0.15, 0.2) is 24.3 Å². The molecular weight excluding hydrogens is 204 g/mol. The molecule has 0 unspecified atom stereocenters. The topological polar surface area (TPSA) is 43.8 Å². The molecule has 4 nitrogen and oxygen atoms in total. The number of piperazine rings is 1. The normalized spacial score (nSPS) is 36.3. The zero-order valence-electron chi connectivity index (χ0n) is 16.6. The first-order valence-electron chi connectivity index (χ1n) is 8.59. The van der Waals surface area contributed by atoms with Gasteiger partial charge in [-0.15, -0.1) is 0 Å². The van der Waals surface area contributed by atoms with Crippen LogP contribution >= 0.6 is 0 Å². The number of amides is 1. The van der Waals surface area contributed by atoms with Crippen LogP contribution in [0.5, 0.6) is 5.75 Å². The van der Waals surface area contributed by atoms with Crippen molar-refractivity contribution in [2.75, 3.05) is 30.9 Å². The Labute approximate surface area is 106 Å². The van der Waals surface area contributed by atoms with Gasteiger partial charge in [-0.25, -0.2) is 0 Å². The quantitative estimate of drug-likeness (QED) is 0.781. The zero-order chi connectivity index (χ0) is 18.7. The fourth-order valence-electron chi connectivity index (χ4n) is 1.14. The van der Waals surface area contributed by atoms with Gasteiger partial charge in [-0.1, -0.05) is 0 Å². The van der Waals surface area contributed by atoms with Gasteiger partial charge in [0.25, 0.3) is 0 Å². The summed E-state index contributed by atoms with van der Waals surface area (Å²) >= 11 is 0. The molecule has 2 rings (SSSR count). The number of carbonyl (C=O) groups is 1. The predicted molar refractivity (Wildman–Crippen MR) is 62.6 cm³/mol. The van der Waals surface area contributed by atoms with Gasteiger partial charge in [-0.3, -0.25) is 4.79 Å². The third-order valence-electron chi connectivity index (χ3n) is 1.97. The van der Waals surface area contributed by atoms with Gasteiger partial charge in [0.1, 0.15) is 5.75 Å². The van der Waals surface area contributed by atoms with Crippen molar-refractivity contribution in [3.8, 4) is 5.75 Å². The summed E-state index contributed by atoms with van der Waals surface area (Å²) in [5, 5.41) is 9.33. The minimum absolute atomic E-state index is 0.0447. The fraction of sp³-hybridized carbons (Fsp3) is 0.417. The summed E-state index contributed by atoms with van der Waals surface area (Å²) in [6.45, 7) is -11.7. The van der Waals surface area contributed by atoms with Crippen molar-refractivity contribution in [3.05, 3.63) is 24.3 Å². The molecule has 0 radical (unpaired) electrons. The zero-order valence-corrected chi connectivity index (χ0v) is 8.56. The predicted octanol–water partition coefficient (Wildman–Crippen LogP) is 1.06. The van der Waals surface area contributed by atoms with Crippen LogP contribution in [0.1, 0.15) is 17.9 Å². The van der Waals surface area contributed by atoms with Crippen LogP contribution in [-0.4, -0.2) is 41.9 Å². The lowest BCUT2D eigenvalue weighted by atomic mass is 10.2. The molecule has 86 valence electrons. The van der Waals surface area contributed by atoms with Crippen molar-refractivity contribution >= 4 is 11.6 Å². The lowest BCUT2D eigenvalue weighted by molar-refractivity contribution is -0.129. The van der Waals surface area contributed by atoms with E-state index in [4.69, 9.17) is 11.0 Å². The Kier molecular flexibility index (Phi) is 1.29. The molecule has 1 aliphatic rings. The van der Waals surface area contributed by atoms with E-state index in [0.29, 0.717) is 4.90 Å². The molecule has 16 heavy (non-hydrogen) atoms. The number of rotatable bonds is 1. The number of hydrogen-bond acceptors (Lipinski definition) is 3. The monoisotopic (exact) mass is 228 g/mol. The second-order valence-corrected chi connectivity index (χ2v) is 3.15. The van der Waals surface area contributed by atoms with Crippen LogP contribution in [0.25, 0.3) is 0 Å². The number of benzene rings is 1. The molecular formula is C12H16N2O2. The molecule has 1 amide bonds. The minimum Gasteiger partial charge on any atom is -0.508 e. The van der Waals surface area contributed by atoms with Crippen molar-refractivity contribution in [1.29, 1.82) is 0 Å². The third kappa shape index (κ3) is 2.27. The molecule has 0 saturated carbocycles. The van der Waals surface area contributed by atoms with E-state index < -0.39 is 31.9 Å². The van der Waals surface area contributed by atoms with Gasteiger partial charge in [0, 0.05) is 38.6 Å². The highest BCUT2D eigenvalue weighted by molar-refractivity contribution is 5.73. The van der Waals surface area contributed by atoms with Crippen molar-refractivity contribution in [3.63, 3.8) is 0 Å². The molecule has 0 atom stereocenters. The van der Waals surface area contributed by atoms with Crippen molar-refractivity contribution in [2.24, 2.45) is 0 Å². The maximum Gasteiger partial charge on any atom is 0.219 e. The summed E-state index contributed by atoms with van der Waals surface area (Å²) in [6, 6.07) is 4.56. The lowest BCUT2D eigenvalue weighted by Gasteiger charge is -2.35. The Morgan fingerprint density at radius 2 is 1.81 bits per heavy atom. The molecule has 0 aromatic heterocycles. The molecule has 0 aliphatic carbocycles. The molecule has 0 bridgehead atoms. The number of carbonyl (C=O) groups excluding carboxylic acids is 1. The fourth-order valence-corrected chi connectivity index (χ4v) is 1.14. The van der Waals surface area contributed by atoms with E-state index in [1.165, 1.54) is 0 Å². The Hall–Kier alpha value is -1.71. The summed E-state index contributed by atoms with van der Waals surface area (Å²) in [5.74, 6) is -1.31. The maximum atomic E-state index is 11.8. The smallest absolute Gasteiger partial charge is 0.219 e. The van der Waals surface area contributed by atoms with Crippen molar-refractivity contribution in [1.82, 2.24) is 4.90 Å². The molecule has 1 N–H and O–H groups in total. The van der Waals surface area contributed by atoms with Crippen LogP contribution in [0.2, 0.25) is 0 Å². The van der Waals surface area contributed by atoms with Crippen LogP contribution in [0, 0.1) is 0 Å². The molecule has 1 heterocycles. The number of phenols is 1. The average Bonchev–Trinajstić information content (AvgIpc) is 2.38. The molecule has 1 aromatic rings. The van der Waals surface area contributed by atoms with E-state index in [1.54, 1.807) is 0 Å². The summed E-state index contributed by atoms with van der Waals surface area (Å²) in [6.07, 6.45) is 0. The summed E-state index contributed by atoms with van der Waals surface area (Å²) in [4.78, 5) is 12.0. The van der Waals surface area contributed by atoms with E-state index >= 15 is 0 Å². The lowest BCUT2D eigenvalue weighted by Crippen LogP contribution is -2.48. The first-order valence-corrected chi connectivity index (χ1v) is 4.59. The number of aromatic hydroxyl groups is 1. The van der Waals surface area contributed by atoms with Gasteiger partial charge in [0.15, 0.2) is 0 Å². The SMILES string of the molecule is [2H]C1([2H])N(C(C)=O)C([2H])([2H])C([2H])([2H])N(c2ccc(O)cc2)C1([2H])[2H]. The number of anilines is 1. The van der Waals surface area contributed by atoms with E-state index in [-0.39, 0.29) is 16.3 Å². The second kappa shape index (κ2) is 4.43. The second-order valence-electron chi connectivity index (χ2n) is 3.15. The summed E-state index contributed by atoms with van der Waals surface area (Å²) in [5.41, 5.74) is -0.182. The highest BCUT2D eigenvalue weighted by Crippen LogP contribution is 2.19. The van der Waals surface area contributed by atoms with Crippen LogP contribution < -0.4 is 4.90 Å². The first-order chi connectivity index (χ1) is 10.7. The van der Waals surface area contributed by atoms with Crippen molar-refractivity contribution < 1.29 is 20.9 Å². The van der Waals surface area contributed by atoms with E-state index in [9.17, 15) is 9.90 Å². The number of hydrogen-bond donors (Lipinski definition) is 1. The van der Waals surface area contributed by atoms with Gasteiger partial charge in [0.05, 0.1) is 11.0 Å². The first kappa shape index (κ1) is 4.65. The molecule has 1 aliphatic heterocycles. The van der Waals surface area contributed by atoms with E-state index in [0.717, 1.165) is 31.2 Å². The van der Waals surface area contributed by atoms with Gasteiger partial charge in [-0.05, 0) is 24.3 Å². The van der Waals surface area contributed by atoms with E-state index in [1.807, 2.05) is 0 Å². The average molecular weight is 228 g/mol. The largest absolute Gasteiger partial charge is 0.508 e. The van der Waals surface area contributed by atoms with Crippen LogP contribution in [0.3, 0.4) is 0 Å². The standard InChI is InChI=1S/C12H16N2O2/c1-10(15)13-6-8-14(9-7-13)11-2-4-12(16)5-3-11/h2-5,16H,6-9H2,1H3/i6D2,7D2,8D2,9D2. The maximum absolute atomic E-state index is 11.8. The van der Waals surface area contributed by atoms with Crippen molar-refractivity contribution in [2.45, 2.75) is 6.92 Å². The molecule has 1 saturated heterocycles.